The van der Waals surface area contributed by atoms with Crippen LogP contribution < -0.4 is 10.6 Å². The molecular weight excluding hydrogens is 248 g/mol. The Kier molecular flexibility index (Phi) is 4.87. The minimum atomic E-state index is 0.536. The maximum Gasteiger partial charge on any atom is 0.0485 e. The molecule has 0 saturated carbocycles. The van der Waals surface area contributed by atoms with E-state index in [1.165, 1.54) is 11.3 Å². The number of ether oxygens (including phenoxy) is 1. The molecule has 4 heteroatoms. The van der Waals surface area contributed by atoms with Crippen LogP contribution in [0.25, 0.3) is 0 Å². The zero-order valence-electron chi connectivity index (χ0n) is 10.9. The van der Waals surface area contributed by atoms with Gasteiger partial charge >= 0.3 is 0 Å². The number of anilines is 1. The fourth-order valence-electron chi connectivity index (χ4n) is 2.50. The molecule has 0 aliphatic carbocycles. The summed E-state index contributed by atoms with van der Waals surface area (Å²) in [6, 6.07) is 6.60. The van der Waals surface area contributed by atoms with Gasteiger partial charge in [0, 0.05) is 37.0 Å². The molecule has 0 aromatic heterocycles. The molecule has 100 valence electrons. The van der Waals surface area contributed by atoms with E-state index in [2.05, 4.69) is 18.0 Å². The van der Waals surface area contributed by atoms with Gasteiger partial charge in [-0.3, -0.25) is 0 Å². The summed E-state index contributed by atoms with van der Waals surface area (Å²) in [7, 11) is 2.14. The van der Waals surface area contributed by atoms with Crippen LogP contribution in [0.1, 0.15) is 18.4 Å². The molecular formula is C14H21ClN2O. The Balaban J connectivity index is 2.21. The topological polar surface area (TPSA) is 38.5 Å². The van der Waals surface area contributed by atoms with E-state index in [0.29, 0.717) is 12.6 Å². The maximum atomic E-state index is 6.12. The number of halogens is 1. The fourth-order valence-corrected chi connectivity index (χ4v) is 2.67. The molecule has 1 aliphatic heterocycles. The molecule has 0 radical (unpaired) electrons. The highest BCUT2D eigenvalue weighted by Crippen LogP contribution is 2.28. The predicted octanol–water partition coefficient (Wildman–Crippen LogP) is 2.46. The van der Waals surface area contributed by atoms with Crippen molar-refractivity contribution in [2.75, 3.05) is 31.7 Å². The van der Waals surface area contributed by atoms with Gasteiger partial charge in [0.2, 0.25) is 0 Å². The van der Waals surface area contributed by atoms with Crippen molar-refractivity contribution in [3.63, 3.8) is 0 Å². The van der Waals surface area contributed by atoms with Crippen molar-refractivity contribution in [1.82, 2.24) is 0 Å². The summed E-state index contributed by atoms with van der Waals surface area (Å²) in [5.41, 5.74) is 8.16. The second kappa shape index (κ2) is 6.41. The van der Waals surface area contributed by atoms with E-state index in [0.717, 1.165) is 37.5 Å². The normalized spacial score (nSPS) is 16.8. The lowest BCUT2D eigenvalue weighted by Gasteiger charge is -2.34. The lowest BCUT2D eigenvalue weighted by atomic mass is 10.0. The van der Waals surface area contributed by atoms with Crippen molar-refractivity contribution in [1.29, 1.82) is 0 Å². The molecule has 1 fully saturated rings. The minimum Gasteiger partial charge on any atom is -0.381 e. The third kappa shape index (κ3) is 3.16. The maximum absolute atomic E-state index is 6.12. The molecule has 0 spiro atoms. The molecule has 3 nitrogen and oxygen atoms in total. The van der Waals surface area contributed by atoms with Gasteiger partial charge in [0.1, 0.15) is 0 Å². The summed E-state index contributed by atoms with van der Waals surface area (Å²) in [5, 5.41) is 0.782. The van der Waals surface area contributed by atoms with Crippen molar-refractivity contribution in [3.05, 3.63) is 28.8 Å². The van der Waals surface area contributed by atoms with Crippen molar-refractivity contribution in [3.8, 4) is 0 Å². The molecule has 1 aromatic carbocycles. The molecule has 0 atom stereocenters. The summed E-state index contributed by atoms with van der Waals surface area (Å²) >= 11 is 6.12. The Bertz CT molecular complexity index is 391. The van der Waals surface area contributed by atoms with Gasteiger partial charge in [0.15, 0.2) is 0 Å². The average Bonchev–Trinajstić information content (AvgIpc) is 2.41. The van der Waals surface area contributed by atoms with Gasteiger partial charge in [-0.05, 0) is 43.5 Å². The van der Waals surface area contributed by atoms with E-state index < -0.39 is 0 Å². The standard InChI is InChI=1S/C14H21ClN2O/c1-17(13-5-8-18-9-6-13)14-10-12(15)3-2-11(14)4-7-16/h2-3,10,13H,4-9,16H2,1H3. The van der Waals surface area contributed by atoms with Crippen LogP contribution in [0.15, 0.2) is 18.2 Å². The number of nitrogens with zero attached hydrogens (tertiary/aromatic N) is 1. The summed E-state index contributed by atoms with van der Waals surface area (Å²) < 4.78 is 5.41. The van der Waals surface area contributed by atoms with Crippen LogP contribution in [0.5, 0.6) is 0 Å². The summed E-state index contributed by atoms with van der Waals surface area (Å²) in [5.74, 6) is 0. The first-order chi connectivity index (χ1) is 8.72. The van der Waals surface area contributed by atoms with Gasteiger partial charge in [0.05, 0.1) is 0 Å². The summed E-state index contributed by atoms with van der Waals surface area (Å²) in [6.07, 6.45) is 3.04. The van der Waals surface area contributed by atoms with Crippen LogP contribution in [0.4, 0.5) is 5.69 Å². The number of hydrogen-bond acceptors (Lipinski definition) is 3. The van der Waals surface area contributed by atoms with Gasteiger partial charge in [-0.25, -0.2) is 0 Å². The van der Waals surface area contributed by atoms with Gasteiger partial charge in [-0.15, -0.1) is 0 Å². The van der Waals surface area contributed by atoms with Crippen molar-refractivity contribution in [2.45, 2.75) is 25.3 Å². The molecule has 2 N–H and O–H groups in total. The van der Waals surface area contributed by atoms with Crippen LogP contribution >= 0.6 is 11.6 Å². The molecule has 18 heavy (non-hydrogen) atoms. The second-order valence-electron chi connectivity index (χ2n) is 4.77. The Hall–Kier alpha value is -0.770. The van der Waals surface area contributed by atoms with Crippen LogP contribution in [-0.2, 0) is 11.2 Å². The molecule has 1 aromatic rings. The summed E-state index contributed by atoms with van der Waals surface area (Å²) in [6.45, 7) is 2.36. The highest BCUT2D eigenvalue weighted by molar-refractivity contribution is 6.30. The molecule has 0 unspecified atom stereocenters. The van der Waals surface area contributed by atoms with E-state index in [4.69, 9.17) is 22.1 Å². The van der Waals surface area contributed by atoms with Gasteiger partial charge in [-0.2, -0.15) is 0 Å². The molecule has 1 heterocycles. The Labute approximate surface area is 114 Å². The number of nitrogens with two attached hydrogens (primary N) is 1. The number of benzene rings is 1. The third-order valence-electron chi connectivity index (χ3n) is 3.58. The molecule has 0 bridgehead atoms. The van der Waals surface area contributed by atoms with Crippen LogP contribution in [0.2, 0.25) is 5.02 Å². The quantitative estimate of drug-likeness (QED) is 0.912. The van der Waals surface area contributed by atoms with Crippen molar-refractivity contribution in [2.24, 2.45) is 5.73 Å². The zero-order chi connectivity index (χ0) is 13.0. The highest BCUT2D eigenvalue weighted by Gasteiger charge is 2.20. The molecule has 1 saturated heterocycles. The van der Waals surface area contributed by atoms with E-state index in [1.54, 1.807) is 0 Å². The SMILES string of the molecule is CN(c1cc(Cl)ccc1CCN)C1CCOCC1. The zero-order valence-corrected chi connectivity index (χ0v) is 11.6. The lowest BCUT2D eigenvalue weighted by Crippen LogP contribution is -2.37. The monoisotopic (exact) mass is 268 g/mol. The predicted molar refractivity (Wildman–Crippen MR) is 76.5 cm³/mol. The van der Waals surface area contributed by atoms with Crippen LogP contribution in [-0.4, -0.2) is 32.8 Å². The number of hydrogen-bond donors (Lipinski definition) is 1. The first kappa shape index (κ1) is 13.7. The van der Waals surface area contributed by atoms with Crippen LogP contribution in [0, 0.1) is 0 Å². The Morgan fingerprint density at radius 2 is 2.11 bits per heavy atom. The van der Waals surface area contributed by atoms with E-state index in [9.17, 15) is 0 Å². The summed E-state index contributed by atoms with van der Waals surface area (Å²) in [4.78, 5) is 2.33. The number of rotatable bonds is 4. The van der Waals surface area contributed by atoms with Crippen molar-refractivity contribution < 1.29 is 4.74 Å². The van der Waals surface area contributed by atoms with E-state index in [1.807, 2.05) is 12.1 Å². The first-order valence-electron chi connectivity index (χ1n) is 6.51. The smallest absolute Gasteiger partial charge is 0.0485 e. The minimum absolute atomic E-state index is 0.536. The van der Waals surface area contributed by atoms with Gasteiger partial charge in [0.25, 0.3) is 0 Å². The van der Waals surface area contributed by atoms with Gasteiger partial charge in [-0.1, -0.05) is 17.7 Å². The Morgan fingerprint density at radius 3 is 2.78 bits per heavy atom. The first-order valence-corrected chi connectivity index (χ1v) is 6.89. The Morgan fingerprint density at radius 1 is 1.39 bits per heavy atom. The van der Waals surface area contributed by atoms with E-state index in [-0.39, 0.29) is 0 Å². The van der Waals surface area contributed by atoms with Gasteiger partial charge < -0.3 is 15.4 Å². The van der Waals surface area contributed by atoms with Crippen LogP contribution in [0.3, 0.4) is 0 Å². The van der Waals surface area contributed by atoms with Crippen molar-refractivity contribution >= 4 is 17.3 Å². The molecule has 2 rings (SSSR count). The highest BCUT2D eigenvalue weighted by atomic mass is 35.5. The molecule has 1 aliphatic rings. The largest absolute Gasteiger partial charge is 0.381 e. The second-order valence-corrected chi connectivity index (χ2v) is 5.20. The van der Waals surface area contributed by atoms with E-state index >= 15 is 0 Å². The molecule has 0 amide bonds. The fraction of sp³-hybridized carbons (Fsp3) is 0.571. The average molecular weight is 269 g/mol. The third-order valence-corrected chi connectivity index (χ3v) is 3.81. The lowest BCUT2D eigenvalue weighted by molar-refractivity contribution is 0.0854.